The maximum absolute atomic E-state index is 10.5. The Hall–Kier alpha value is -1.11. The van der Waals surface area contributed by atoms with Crippen molar-refractivity contribution in [2.45, 2.75) is 89.8 Å². The highest BCUT2D eigenvalue weighted by atomic mass is 16.6. The van der Waals surface area contributed by atoms with Crippen LogP contribution in [0.5, 0.6) is 0 Å². The average molecular weight is 370 g/mol. The number of unbranched alkanes of at least 4 members (excludes halogenated alkanes) is 3. The van der Waals surface area contributed by atoms with Crippen molar-refractivity contribution in [2.75, 3.05) is 6.61 Å². The number of hydroxylamine groups is 1. The van der Waals surface area contributed by atoms with Crippen molar-refractivity contribution >= 4 is 5.97 Å². The first-order valence-corrected chi connectivity index (χ1v) is 10.2. The van der Waals surface area contributed by atoms with Crippen LogP contribution in [0.2, 0.25) is 0 Å². The lowest BCUT2D eigenvalue weighted by Gasteiger charge is -2.32. The molecule has 0 saturated heterocycles. The molecule has 2 rings (SSSR count). The van der Waals surface area contributed by atoms with E-state index in [4.69, 9.17) is 9.94 Å². The minimum absolute atomic E-state index is 0.109. The predicted octanol–water partition coefficient (Wildman–Crippen LogP) is 3.14. The lowest BCUT2D eigenvalue weighted by molar-refractivity contribution is -0.137. The van der Waals surface area contributed by atoms with E-state index in [9.17, 15) is 15.0 Å². The van der Waals surface area contributed by atoms with Crippen LogP contribution in [0.15, 0.2) is 11.3 Å². The van der Waals surface area contributed by atoms with E-state index in [1.165, 1.54) is 24.8 Å². The third-order valence-electron chi connectivity index (χ3n) is 5.76. The maximum Gasteiger partial charge on any atom is 0.303 e. The van der Waals surface area contributed by atoms with Crippen molar-refractivity contribution in [3.63, 3.8) is 0 Å². The van der Waals surface area contributed by atoms with Crippen LogP contribution in [-0.4, -0.2) is 40.1 Å². The second kappa shape index (κ2) is 10.9. The Balaban J connectivity index is 1.65. The van der Waals surface area contributed by atoms with Gasteiger partial charge in [0.25, 0.3) is 0 Å². The molecule has 4 atom stereocenters. The van der Waals surface area contributed by atoms with Gasteiger partial charge in [0.05, 0.1) is 18.8 Å². The van der Waals surface area contributed by atoms with E-state index in [2.05, 4.69) is 12.4 Å². The van der Waals surface area contributed by atoms with Gasteiger partial charge < -0.3 is 15.3 Å². The molecule has 4 N–H and O–H groups in total. The summed E-state index contributed by atoms with van der Waals surface area (Å²) in [6.07, 6.45) is 8.81. The van der Waals surface area contributed by atoms with Gasteiger partial charge in [0.1, 0.15) is 0 Å². The number of aliphatic hydroxyl groups is 2. The van der Waals surface area contributed by atoms with Crippen LogP contribution >= 0.6 is 0 Å². The molecule has 0 aliphatic heterocycles. The van der Waals surface area contributed by atoms with Crippen molar-refractivity contribution in [3.8, 4) is 0 Å². The van der Waals surface area contributed by atoms with Gasteiger partial charge in [-0.2, -0.15) is 0 Å². The normalized spacial score (nSPS) is 25.7. The molecule has 0 aromatic carbocycles. The SMILES string of the molecule is CCCCCCC(O)CCC1C(O)CC2=C(NOCCCC(=O)O)CC21. The van der Waals surface area contributed by atoms with Gasteiger partial charge in [-0.05, 0) is 55.9 Å². The molecule has 2 aliphatic carbocycles. The van der Waals surface area contributed by atoms with Gasteiger partial charge in [-0.25, -0.2) is 0 Å². The van der Waals surface area contributed by atoms with E-state index in [1.807, 2.05) is 0 Å². The number of carbonyl (C=O) groups is 1. The van der Waals surface area contributed by atoms with E-state index >= 15 is 0 Å². The molecule has 6 nitrogen and oxygen atoms in total. The number of aliphatic hydroxyl groups excluding tert-OH is 2. The van der Waals surface area contributed by atoms with Crippen molar-refractivity contribution in [2.24, 2.45) is 11.8 Å². The highest BCUT2D eigenvalue weighted by Crippen LogP contribution is 2.50. The first-order valence-electron chi connectivity index (χ1n) is 10.2. The smallest absolute Gasteiger partial charge is 0.303 e. The fourth-order valence-corrected chi connectivity index (χ4v) is 4.17. The van der Waals surface area contributed by atoms with Crippen LogP contribution in [-0.2, 0) is 9.63 Å². The third kappa shape index (κ3) is 6.25. The van der Waals surface area contributed by atoms with Gasteiger partial charge >= 0.3 is 5.97 Å². The van der Waals surface area contributed by atoms with Gasteiger partial charge in [0, 0.05) is 12.1 Å². The number of carboxylic acids is 1. The van der Waals surface area contributed by atoms with Crippen LogP contribution < -0.4 is 5.48 Å². The number of hydrogen-bond donors (Lipinski definition) is 4. The summed E-state index contributed by atoms with van der Waals surface area (Å²) in [4.78, 5) is 15.8. The van der Waals surface area contributed by atoms with Gasteiger partial charge in [-0.15, -0.1) is 0 Å². The summed E-state index contributed by atoms with van der Waals surface area (Å²) in [6.45, 7) is 2.55. The number of allylic oxidation sites excluding steroid dienone is 1. The molecule has 4 unspecified atom stereocenters. The number of aliphatic carboxylic acids is 1. The van der Waals surface area contributed by atoms with Crippen molar-refractivity contribution in [1.29, 1.82) is 0 Å². The number of rotatable bonds is 14. The summed E-state index contributed by atoms with van der Waals surface area (Å²) in [5.74, 6) is -0.163. The third-order valence-corrected chi connectivity index (χ3v) is 5.76. The minimum atomic E-state index is -0.811. The van der Waals surface area contributed by atoms with E-state index in [0.29, 0.717) is 25.4 Å². The summed E-state index contributed by atoms with van der Waals surface area (Å²) in [6, 6.07) is 0. The predicted molar refractivity (Wildman–Crippen MR) is 99.2 cm³/mol. The van der Waals surface area contributed by atoms with Crippen LogP contribution in [0.25, 0.3) is 0 Å². The first kappa shape index (κ1) is 21.2. The zero-order valence-corrected chi connectivity index (χ0v) is 16.0. The molecule has 0 amide bonds. The summed E-state index contributed by atoms with van der Waals surface area (Å²) >= 11 is 0. The zero-order chi connectivity index (χ0) is 18.9. The second-order valence-corrected chi connectivity index (χ2v) is 7.78. The van der Waals surface area contributed by atoms with Crippen LogP contribution in [0.3, 0.4) is 0 Å². The minimum Gasteiger partial charge on any atom is -0.481 e. The summed E-state index contributed by atoms with van der Waals surface area (Å²) in [5.41, 5.74) is 5.23. The first-order chi connectivity index (χ1) is 12.5. The Morgan fingerprint density at radius 1 is 1.23 bits per heavy atom. The zero-order valence-electron chi connectivity index (χ0n) is 16.0. The Bertz CT molecular complexity index is 479. The van der Waals surface area contributed by atoms with Gasteiger partial charge in [0.2, 0.25) is 0 Å². The summed E-state index contributed by atoms with van der Waals surface area (Å²) in [7, 11) is 0. The monoisotopic (exact) mass is 369 g/mol. The molecule has 0 bridgehead atoms. The van der Waals surface area contributed by atoms with E-state index in [1.54, 1.807) is 0 Å². The summed E-state index contributed by atoms with van der Waals surface area (Å²) in [5, 5.41) is 29.1. The van der Waals surface area contributed by atoms with Gasteiger partial charge in [0.15, 0.2) is 0 Å². The second-order valence-electron chi connectivity index (χ2n) is 7.78. The molecule has 150 valence electrons. The van der Waals surface area contributed by atoms with E-state index in [-0.39, 0.29) is 24.5 Å². The lowest BCUT2D eigenvalue weighted by atomic mass is 9.77. The quantitative estimate of drug-likeness (QED) is 0.277. The largest absolute Gasteiger partial charge is 0.481 e. The molecule has 0 aromatic heterocycles. The lowest BCUT2D eigenvalue weighted by Crippen LogP contribution is -2.30. The molecule has 2 aliphatic rings. The molecule has 0 radical (unpaired) electrons. The molecular weight excluding hydrogens is 334 g/mol. The van der Waals surface area contributed by atoms with Crippen molar-refractivity contribution < 1.29 is 25.0 Å². The topological polar surface area (TPSA) is 99.0 Å². The number of fused-ring (bicyclic) bond motifs is 1. The van der Waals surface area contributed by atoms with Gasteiger partial charge in [-0.3, -0.25) is 15.1 Å². The Kier molecular flexibility index (Phi) is 8.88. The van der Waals surface area contributed by atoms with Gasteiger partial charge in [-0.1, -0.05) is 32.6 Å². The highest BCUT2D eigenvalue weighted by molar-refractivity contribution is 5.66. The van der Waals surface area contributed by atoms with Crippen LogP contribution in [0.1, 0.15) is 77.6 Å². The fraction of sp³-hybridized carbons (Fsp3) is 0.850. The standard InChI is InChI=1S/C20H35NO5/c1-2-3-4-5-7-14(22)9-10-15-16-12-18(17(16)13-19(15)23)21-26-11-6-8-20(24)25/h14-16,19,21-23H,2-13H2,1H3,(H,24,25). The molecular formula is C20H35NO5. The fourth-order valence-electron chi connectivity index (χ4n) is 4.17. The Labute approximate surface area is 156 Å². The Morgan fingerprint density at radius 2 is 2.04 bits per heavy atom. The van der Waals surface area contributed by atoms with Crippen LogP contribution in [0, 0.1) is 11.8 Å². The van der Waals surface area contributed by atoms with Crippen LogP contribution in [0.4, 0.5) is 0 Å². The van der Waals surface area contributed by atoms with E-state index < -0.39 is 5.97 Å². The Morgan fingerprint density at radius 3 is 2.77 bits per heavy atom. The maximum atomic E-state index is 10.5. The molecule has 1 fully saturated rings. The average Bonchev–Trinajstić information content (AvgIpc) is 2.84. The van der Waals surface area contributed by atoms with Crippen molar-refractivity contribution in [3.05, 3.63) is 11.3 Å². The summed E-state index contributed by atoms with van der Waals surface area (Å²) < 4.78 is 0. The molecule has 6 heteroatoms. The number of hydrogen-bond acceptors (Lipinski definition) is 5. The number of carboxylic acid groups (broad SMARTS) is 1. The highest BCUT2D eigenvalue weighted by Gasteiger charge is 2.45. The molecule has 26 heavy (non-hydrogen) atoms. The van der Waals surface area contributed by atoms with Crippen molar-refractivity contribution in [1.82, 2.24) is 5.48 Å². The number of nitrogens with one attached hydrogen (secondary N) is 1. The molecule has 1 saturated carbocycles. The van der Waals surface area contributed by atoms with E-state index in [0.717, 1.165) is 37.8 Å². The molecule has 0 heterocycles. The molecule has 0 aromatic rings. The molecule has 0 spiro atoms.